The van der Waals surface area contributed by atoms with E-state index in [4.69, 9.17) is 0 Å². The zero-order valence-electron chi connectivity index (χ0n) is 27.3. The normalized spacial score (nSPS) is 9.30. The Kier molecular flexibility index (Phi) is 44.8. The molecule has 0 fully saturated rings. The van der Waals surface area contributed by atoms with E-state index in [1.165, 1.54) is 16.8 Å². The van der Waals surface area contributed by atoms with Crippen LogP contribution in [0.15, 0.2) is 82.8 Å². The Bertz CT molecular complexity index is 776. The fourth-order valence-corrected chi connectivity index (χ4v) is 2.16. The molecule has 0 atom stereocenters. The molecule has 212 valence electrons. The maximum absolute atomic E-state index is 4.52. The first kappa shape index (κ1) is 44.1. The van der Waals surface area contributed by atoms with Crippen molar-refractivity contribution in [3.05, 3.63) is 84.0 Å². The third kappa shape index (κ3) is 25.9. The Morgan fingerprint density at radius 1 is 0.486 bits per heavy atom. The highest BCUT2D eigenvalue weighted by atomic mass is 14.8. The third-order valence-corrected chi connectivity index (χ3v) is 3.74. The molecular formula is C34H61N3. The van der Waals surface area contributed by atoms with Crippen LogP contribution in [-0.2, 0) is 0 Å². The molecule has 1 aliphatic rings. The second kappa shape index (κ2) is 37.6. The molecular weight excluding hydrogens is 450 g/mol. The lowest BCUT2D eigenvalue weighted by Crippen LogP contribution is -1.99. The summed E-state index contributed by atoms with van der Waals surface area (Å²) in [4.78, 5) is 8.60. The number of benzene rings is 2. The lowest BCUT2D eigenvalue weighted by atomic mass is 10.1. The summed E-state index contributed by atoms with van der Waals surface area (Å²) in [6.45, 7) is 28.2. The number of hydrogen-bond acceptors (Lipinski definition) is 3. The summed E-state index contributed by atoms with van der Waals surface area (Å²) in [6.07, 6.45) is 7.88. The number of nitrogens with one attached hydrogen (secondary N) is 1. The molecule has 3 nitrogen and oxygen atoms in total. The van der Waals surface area contributed by atoms with Gasteiger partial charge in [-0.3, -0.25) is 4.99 Å². The molecule has 0 aromatic heterocycles. The molecule has 0 saturated heterocycles. The third-order valence-electron chi connectivity index (χ3n) is 3.74. The van der Waals surface area contributed by atoms with Gasteiger partial charge in [-0.1, -0.05) is 118 Å². The summed E-state index contributed by atoms with van der Waals surface area (Å²) >= 11 is 0. The van der Waals surface area contributed by atoms with Gasteiger partial charge in [0.1, 0.15) is 0 Å². The van der Waals surface area contributed by atoms with Crippen molar-refractivity contribution in [1.82, 2.24) is 0 Å². The minimum atomic E-state index is 0.955. The second-order valence-electron chi connectivity index (χ2n) is 5.80. The quantitative estimate of drug-likeness (QED) is 0.400. The molecule has 0 spiro atoms. The highest BCUT2D eigenvalue weighted by Crippen LogP contribution is 2.14. The van der Waals surface area contributed by atoms with Crippen LogP contribution in [0.5, 0.6) is 0 Å². The fourth-order valence-electron chi connectivity index (χ4n) is 2.16. The SMILES string of the molecule is CC.CC.CC.CC.CC.CC.CN=C1C=CC(=Nc2ccc(C)cc2)C=C1.CNc1ccc(C)cc1. The number of allylic oxidation sites excluding steroid dienone is 4. The number of anilines is 1. The van der Waals surface area contributed by atoms with Crippen LogP contribution < -0.4 is 5.32 Å². The van der Waals surface area contributed by atoms with E-state index in [2.05, 4.69) is 65.5 Å². The van der Waals surface area contributed by atoms with E-state index >= 15 is 0 Å². The van der Waals surface area contributed by atoms with Gasteiger partial charge in [-0.15, -0.1) is 0 Å². The van der Waals surface area contributed by atoms with Gasteiger partial charge >= 0.3 is 0 Å². The monoisotopic (exact) mass is 511 g/mol. The predicted molar refractivity (Wildman–Crippen MR) is 179 cm³/mol. The number of nitrogens with zero attached hydrogens (tertiary/aromatic N) is 2. The van der Waals surface area contributed by atoms with Crippen molar-refractivity contribution in [3.8, 4) is 0 Å². The molecule has 3 heteroatoms. The number of hydrogen-bond donors (Lipinski definition) is 1. The summed E-state index contributed by atoms with van der Waals surface area (Å²) in [5.41, 5.74) is 6.62. The number of aliphatic imine (C=N–C) groups is 2. The zero-order chi connectivity index (χ0) is 30.1. The molecule has 0 bridgehead atoms. The van der Waals surface area contributed by atoms with Crippen molar-refractivity contribution >= 4 is 22.8 Å². The zero-order valence-corrected chi connectivity index (χ0v) is 27.3. The Morgan fingerprint density at radius 2 is 0.811 bits per heavy atom. The Balaban J connectivity index is -0.000000139. The minimum Gasteiger partial charge on any atom is -0.388 e. The summed E-state index contributed by atoms with van der Waals surface area (Å²) in [5, 5.41) is 3.05. The van der Waals surface area contributed by atoms with Crippen molar-refractivity contribution in [2.75, 3.05) is 19.4 Å². The van der Waals surface area contributed by atoms with Crippen LogP contribution in [0.4, 0.5) is 11.4 Å². The predicted octanol–water partition coefficient (Wildman–Crippen LogP) is 11.5. The molecule has 0 unspecified atom stereocenters. The maximum Gasteiger partial charge on any atom is 0.0638 e. The van der Waals surface area contributed by atoms with E-state index in [9.17, 15) is 0 Å². The smallest absolute Gasteiger partial charge is 0.0638 e. The molecule has 3 rings (SSSR count). The summed E-state index contributed by atoms with van der Waals surface area (Å²) < 4.78 is 0. The van der Waals surface area contributed by atoms with Gasteiger partial charge in [0, 0.05) is 19.8 Å². The van der Waals surface area contributed by atoms with Crippen molar-refractivity contribution in [1.29, 1.82) is 0 Å². The highest BCUT2D eigenvalue weighted by molar-refractivity contribution is 6.18. The maximum atomic E-state index is 4.52. The van der Waals surface area contributed by atoms with Gasteiger partial charge in [0.15, 0.2) is 0 Å². The van der Waals surface area contributed by atoms with Crippen LogP contribution in [0, 0.1) is 13.8 Å². The number of aryl methyl sites for hydroxylation is 2. The van der Waals surface area contributed by atoms with Crippen molar-refractivity contribution in [2.24, 2.45) is 9.98 Å². The minimum absolute atomic E-state index is 0.955. The topological polar surface area (TPSA) is 36.8 Å². The molecule has 1 aliphatic carbocycles. The summed E-state index contributed by atoms with van der Waals surface area (Å²) in [7, 11) is 3.71. The van der Waals surface area contributed by atoms with Gasteiger partial charge < -0.3 is 5.32 Å². The van der Waals surface area contributed by atoms with Gasteiger partial charge in [-0.05, 0) is 62.4 Å². The standard InChI is InChI=1S/C14H14N2.C8H11N.6C2H6/c1-11-3-5-13(6-4-11)16-14-9-7-12(15-2)8-10-14;1-7-3-5-8(9-2)6-4-7;6*1-2/h3-10H,1-2H3;3-6,9H,1-2H3;6*1-2H3. The average molecular weight is 512 g/mol. The van der Waals surface area contributed by atoms with Crippen molar-refractivity contribution < 1.29 is 0 Å². The molecule has 1 N–H and O–H groups in total. The number of rotatable bonds is 2. The first-order chi connectivity index (χ1) is 18.1. The van der Waals surface area contributed by atoms with Gasteiger partial charge in [0.2, 0.25) is 0 Å². The van der Waals surface area contributed by atoms with Crippen LogP contribution in [0.3, 0.4) is 0 Å². The molecule has 0 aliphatic heterocycles. The summed E-state index contributed by atoms with van der Waals surface area (Å²) in [5.74, 6) is 0. The molecule has 0 amide bonds. The van der Waals surface area contributed by atoms with Gasteiger partial charge in [-0.2, -0.15) is 0 Å². The molecule has 0 radical (unpaired) electrons. The molecule has 2 aromatic rings. The van der Waals surface area contributed by atoms with E-state index in [1.807, 2.05) is 127 Å². The van der Waals surface area contributed by atoms with Crippen LogP contribution in [0.1, 0.15) is 94.2 Å². The molecule has 37 heavy (non-hydrogen) atoms. The van der Waals surface area contributed by atoms with Crippen LogP contribution in [0.25, 0.3) is 0 Å². The Morgan fingerprint density at radius 3 is 1.14 bits per heavy atom. The van der Waals surface area contributed by atoms with E-state index in [1.54, 1.807) is 7.05 Å². The fraction of sp³-hybridized carbons (Fsp3) is 0.471. The van der Waals surface area contributed by atoms with Crippen molar-refractivity contribution in [3.63, 3.8) is 0 Å². The van der Waals surface area contributed by atoms with Crippen molar-refractivity contribution in [2.45, 2.75) is 96.9 Å². The van der Waals surface area contributed by atoms with Crippen LogP contribution in [0.2, 0.25) is 0 Å². The average Bonchev–Trinajstić information content (AvgIpc) is 3.01. The summed E-state index contributed by atoms with van der Waals surface area (Å²) in [6, 6.07) is 16.5. The van der Waals surface area contributed by atoms with E-state index in [0.717, 1.165) is 17.1 Å². The van der Waals surface area contributed by atoms with E-state index in [-0.39, 0.29) is 0 Å². The largest absolute Gasteiger partial charge is 0.388 e. The lowest BCUT2D eigenvalue weighted by Gasteiger charge is -2.01. The lowest BCUT2D eigenvalue weighted by molar-refractivity contribution is 1.43. The van der Waals surface area contributed by atoms with Crippen LogP contribution >= 0.6 is 0 Å². The first-order valence-corrected chi connectivity index (χ1v) is 14.3. The second-order valence-corrected chi connectivity index (χ2v) is 5.80. The first-order valence-electron chi connectivity index (χ1n) is 14.3. The van der Waals surface area contributed by atoms with Gasteiger partial charge in [0.25, 0.3) is 0 Å². The Hall–Kier alpha value is -2.94. The Labute approximate surface area is 233 Å². The van der Waals surface area contributed by atoms with Gasteiger partial charge in [-0.25, -0.2) is 4.99 Å². The van der Waals surface area contributed by atoms with Gasteiger partial charge in [0.05, 0.1) is 17.1 Å². The van der Waals surface area contributed by atoms with E-state index < -0.39 is 0 Å². The van der Waals surface area contributed by atoms with Crippen LogP contribution in [-0.4, -0.2) is 25.5 Å². The van der Waals surface area contributed by atoms with E-state index in [0.29, 0.717) is 0 Å². The molecule has 2 aromatic carbocycles. The highest BCUT2D eigenvalue weighted by Gasteiger charge is 1.98. The molecule has 0 heterocycles. The molecule has 0 saturated carbocycles.